The monoisotopic (exact) mass is 414 g/mol. The van der Waals surface area contributed by atoms with Crippen molar-refractivity contribution in [2.45, 2.75) is 58.3 Å². The third-order valence-corrected chi connectivity index (χ3v) is 5.24. The fourth-order valence-corrected chi connectivity index (χ4v) is 3.53. The van der Waals surface area contributed by atoms with E-state index >= 15 is 0 Å². The topological polar surface area (TPSA) is 18.5 Å². The molecule has 0 bridgehead atoms. The minimum absolute atomic E-state index is 0.811. The van der Waals surface area contributed by atoms with Gasteiger partial charge in [-0.05, 0) is 0 Å². The van der Waals surface area contributed by atoms with Gasteiger partial charge in [-0.25, -0.2) is 0 Å². The first-order valence-electron chi connectivity index (χ1n) is 5.64. The molecule has 0 amide bonds. The van der Waals surface area contributed by atoms with Gasteiger partial charge in [0, 0.05) is 0 Å². The van der Waals surface area contributed by atoms with E-state index in [1.54, 1.807) is 0 Å². The van der Waals surface area contributed by atoms with Gasteiger partial charge < -0.3 is 0 Å². The Morgan fingerprint density at radius 1 is 0.929 bits per heavy atom. The first-order valence-corrected chi connectivity index (χ1v) is 9.32. The maximum absolute atomic E-state index is 5.41. The molecule has 2 nitrogen and oxygen atoms in total. The van der Waals surface area contributed by atoms with Crippen molar-refractivity contribution in [2.24, 2.45) is 0 Å². The van der Waals surface area contributed by atoms with Crippen LogP contribution in [0.4, 0.5) is 0 Å². The van der Waals surface area contributed by atoms with Crippen molar-refractivity contribution in [3.05, 3.63) is 0 Å². The van der Waals surface area contributed by atoms with Crippen molar-refractivity contribution in [1.82, 2.24) is 0 Å². The van der Waals surface area contributed by atoms with E-state index in [4.69, 9.17) is 4.49 Å². The third-order valence-electron chi connectivity index (χ3n) is 2.21. The van der Waals surface area contributed by atoms with E-state index in [-0.39, 0.29) is 0 Å². The molecule has 0 atom stereocenters. The predicted octanol–water partition coefficient (Wildman–Crippen LogP) is 2.51. The standard InChI is InChI=1S/C10H21O.O.2Sn.H/c1-2-3-4-5-6-7-8-9-10-11;;;;/h2-10H2,1H3;;;;/q-1;;;+1;. The molecule has 0 fully saturated rings. The molecule has 4 radical (unpaired) electrons. The first-order chi connectivity index (χ1) is 6.91. The normalized spacial score (nSPS) is 10.7. The Morgan fingerprint density at radius 2 is 1.50 bits per heavy atom. The van der Waals surface area contributed by atoms with Crippen LogP contribution in [0.2, 0.25) is 0 Å². The molecule has 0 heterocycles. The second kappa shape index (κ2) is 14.5. The van der Waals surface area contributed by atoms with Crippen LogP contribution < -0.4 is 0 Å². The Morgan fingerprint density at radius 3 is 2.07 bits per heavy atom. The quantitative estimate of drug-likeness (QED) is 0.384. The van der Waals surface area contributed by atoms with Gasteiger partial charge in [0.2, 0.25) is 0 Å². The van der Waals surface area contributed by atoms with Crippen LogP contribution in [-0.4, -0.2) is 51.5 Å². The molecule has 0 unspecified atom stereocenters. The number of hydrogen-bond donors (Lipinski definition) is 0. The van der Waals surface area contributed by atoms with Gasteiger partial charge in [-0.3, -0.25) is 0 Å². The second-order valence-corrected chi connectivity index (χ2v) is 10.0. The summed E-state index contributed by atoms with van der Waals surface area (Å²) < 4.78 is 10.5. The molecular formula is C10H22O2Sn2. The van der Waals surface area contributed by atoms with Crippen LogP contribution >= 0.6 is 0 Å². The molecule has 0 spiro atoms. The van der Waals surface area contributed by atoms with Crippen molar-refractivity contribution < 1.29 is 4.49 Å². The molecule has 0 N–H and O–H groups in total. The molecule has 0 aliphatic heterocycles. The predicted molar refractivity (Wildman–Crippen MR) is 62.6 cm³/mol. The Hall–Kier alpha value is 1.52. The maximum atomic E-state index is 5.41. The summed E-state index contributed by atoms with van der Waals surface area (Å²) in [5.41, 5.74) is 0. The molecule has 0 aliphatic carbocycles. The van der Waals surface area contributed by atoms with E-state index in [1.165, 1.54) is 51.4 Å². The van der Waals surface area contributed by atoms with Gasteiger partial charge in [0.1, 0.15) is 0 Å². The number of rotatable bonds is 11. The van der Waals surface area contributed by atoms with Crippen molar-refractivity contribution in [3.8, 4) is 0 Å². The molecule has 0 rings (SSSR count). The molecule has 0 aliphatic rings. The van der Waals surface area contributed by atoms with Crippen molar-refractivity contribution in [3.63, 3.8) is 0 Å². The van der Waals surface area contributed by atoms with Gasteiger partial charge in [0.25, 0.3) is 0 Å². The molecule has 0 aromatic rings. The van der Waals surface area contributed by atoms with E-state index in [0.29, 0.717) is 0 Å². The summed E-state index contributed by atoms with van der Waals surface area (Å²) in [6, 6.07) is 0. The fourth-order valence-electron chi connectivity index (χ4n) is 1.38. The molecular weight excluding hydrogens is 390 g/mol. The van der Waals surface area contributed by atoms with Gasteiger partial charge in [0.15, 0.2) is 0 Å². The summed E-state index contributed by atoms with van der Waals surface area (Å²) in [5.74, 6) is 0. The van der Waals surface area contributed by atoms with Crippen LogP contribution in [0.25, 0.3) is 0 Å². The van der Waals surface area contributed by atoms with Gasteiger partial charge >= 0.3 is 114 Å². The van der Waals surface area contributed by atoms with Crippen molar-refractivity contribution in [2.75, 3.05) is 6.61 Å². The summed E-state index contributed by atoms with van der Waals surface area (Å²) in [6.07, 6.45) is 11.0. The average molecular weight is 412 g/mol. The van der Waals surface area contributed by atoms with Gasteiger partial charge in [0.05, 0.1) is 0 Å². The fraction of sp³-hybridized carbons (Fsp3) is 1.00. The Labute approximate surface area is 113 Å². The Kier molecular flexibility index (Phi) is 16.1. The number of unbranched alkanes of at least 4 members (excludes halogenated alkanes) is 7. The Bertz CT molecular complexity index is 90.1. The van der Waals surface area contributed by atoms with E-state index in [0.717, 1.165) is 29.5 Å². The van der Waals surface area contributed by atoms with Gasteiger partial charge in [-0.2, -0.15) is 0 Å². The molecule has 4 heteroatoms. The average Bonchev–Trinajstić information content (AvgIpc) is 2.21. The number of hydrogen-bond acceptors (Lipinski definition) is 2. The van der Waals surface area contributed by atoms with E-state index in [1.807, 2.05) is 0 Å². The summed E-state index contributed by atoms with van der Waals surface area (Å²) in [5, 5.41) is 0. The van der Waals surface area contributed by atoms with Crippen LogP contribution in [0, 0.1) is 0 Å². The summed E-state index contributed by atoms with van der Waals surface area (Å²) in [4.78, 5) is 0. The molecule has 14 heavy (non-hydrogen) atoms. The van der Waals surface area contributed by atoms with E-state index in [2.05, 4.69) is 6.92 Å². The van der Waals surface area contributed by atoms with Gasteiger partial charge in [-0.15, -0.1) is 0 Å². The minimum atomic E-state index is -0.811. The second-order valence-electron chi connectivity index (χ2n) is 3.52. The van der Waals surface area contributed by atoms with Crippen LogP contribution in [0.3, 0.4) is 0 Å². The third kappa shape index (κ3) is 13.5. The molecule has 0 aromatic heterocycles. The SMILES string of the molecule is CCCCCCCCCC[O][Sn][O][SnH]. The Balaban J connectivity index is 2.78. The van der Waals surface area contributed by atoms with E-state index in [9.17, 15) is 0 Å². The first kappa shape index (κ1) is 15.5. The van der Waals surface area contributed by atoms with Crippen molar-refractivity contribution in [1.29, 1.82) is 0 Å². The zero-order valence-corrected chi connectivity index (χ0v) is 15.4. The summed E-state index contributed by atoms with van der Waals surface area (Å²) in [6.45, 7) is 3.21. The van der Waals surface area contributed by atoms with Crippen LogP contribution in [0.1, 0.15) is 58.3 Å². The molecule has 0 saturated heterocycles. The van der Waals surface area contributed by atoms with Crippen molar-refractivity contribution >= 4 is 44.9 Å². The summed E-state index contributed by atoms with van der Waals surface area (Å²) >= 11 is 0.105. The van der Waals surface area contributed by atoms with E-state index < -0.39 is 22.0 Å². The zero-order valence-electron chi connectivity index (χ0n) is 9.26. The zero-order chi connectivity index (χ0) is 10.5. The molecule has 0 saturated carbocycles. The summed E-state index contributed by atoms with van der Waals surface area (Å²) in [7, 11) is 0. The van der Waals surface area contributed by atoms with Crippen LogP contribution in [-0.2, 0) is 4.49 Å². The van der Waals surface area contributed by atoms with Crippen LogP contribution in [0.15, 0.2) is 0 Å². The molecule has 0 aromatic carbocycles. The molecule has 82 valence electrons. The van der Waals surface area contributed by atoms with Gasteiger partial charge in [-0.1, -0.05) is 0 Å². The van der Waals surface area contributed by atoms with Crippen LogP contribution in [0.5, 0.6) is 0 Å².